The van der Waals surface area contributed by atoms with Crippen molar-refractivity contribution in [1.82, 2.24) is 39.7 Å². The molecule has 16 nitrogen and oxygen atoms in total. The fraction of sp³-hybridized carbons (Fsp3) is 0.652. The Hall–Kier alpha value is -3.92. The number of aromatic nitrogens is 8. The standard InChI is InChI=1S/C23H32N10O6/c1-4-12(5-2)25-19-15-21(28-23(27-19)26-13-7-6-8-14(13)36)33(9-24-15)22-18(38-11-35)16(37-10-34)17(39-22)20-29-31-32(3)30-20/h9-14,16-18,22,36H,4-8H2,1-3H3,(H2,25,26,27,28)/t13?,14-,16-,17+,18-,22-/m1/s1. The van der Waals surface area contributed by atoms with E-state index >= 15 is 0 Å². The molecule has 0 aromatic carbocycles. The molecular formula is C23H32N10O6. The number of rotatable bonds is 12. The molecule has 0 spiro atoms. The monoisotopic (exact) mass is 544 g/mol. The average molecular weight is 545 g/mol. The van der Waals surface area contributed by atoms with E-state index in [4.69, 9.17) is 19.2 Å². The fourth-order valence-electron chi connectivity index (χ4n) is 5.13. The van der Waals surface area contributed by atoms with Crippen LogP contribution in [0.25, 0.3) is 11.2 Å². The lowest BCUT2D eigenvalue weighted by Gasteiger charge is -2.22. The van der Waals surface area contributed by atoms with Crippen molar-refractivity contribution in [1.29, 1.82) is 0 Å². The molecule has 5 rings (SSSR count). The van der Waals surface area contributed by atoms with Gasteiger partial charge in [0, 0.05) is 6.04 Å². The molecular weight excluding hydrogens is 512 g/mol. The second-order valence-corrected chi connectivity index (χ2v) is 9.60. The predicted molar refractivity (Wildman–Crippen MR) is 134 cm³/mol. The molecule has 3 aromatic rings. The predicted octanol–water partition coefficient (Wildman–Crippen LogP) is 0.629. The van der Waals surface area contributed by atoms with E-state index in [1.165, 1.54) is 11.1 Å². The van der Waals surface area contributed by atoms with E-state index in [0.717, 1.165) is 25.7 Å². The Morgan fingerprint density at radius 3 is 2.59 bits per heavy atom. The number of hydrogen-bond acceptors (Lipinski definition) is 14. The Balaban J connectivity index is 1.58. The third-order valence-corrected chi connectivity index (χ3v) is 7.21. The summed E-state index contributed by atoms with van der Waals surface area (Å²) in [6.07, 6.45) is 1.00. The minimum atomic E-state index is -1.07. The van der Waals surface area contributed by atoms with Crippen LogP contribution in [-0.4, -0.2) is 88.2 Å². The number of anilines is 2. The Morgan fingerprint density at radius 1 is 1.18 bits per heavy atom. The molecule has 1 aliphatic heterocycles. The molecule has 3 N–H and O–H groups in total. The third-order valence-electron chi connectivity index (χ3n) is 7.21. The molecule has 1 aliphatic carbocycles. The number of imidazole rings is 1. The van der Waals surface area contributed by atoms with Crippen LogP contribution < -0.4 is 10.6 Å². The van der Waals surface area contributed by atoms with E-state index in [2.05, 4.69) is 49.9 Å². The molecule has 1 saturated heterocycles. The highest BCUT2D eigenvalue weighted by Crippen LogP contribution is 2.42. The molecule has 0 bridgehead atoms. The lowest BCUT2D eigenvalue weighted by Crippen LogP contribution is -2.34. The maximum atomic E-state index is 11.5. The van der Waals surface area contributed by atoms with Crippen LogP contribution in [0.1, 0.15) is 64.1 Å². The van der Waals surface area contributed by atoms with Crippen LogP contribution in [0.5, 0.6) is 0 Å². The summed E-state index contributed by atoms with van der Waals surface area (Å²) in [6.45, 7) is 4.67. The average Bonchev–Trinajstić information content (AvgIpc) is 3.71. The van der Waals surface area contributed by atoms with E-state index in [9.17, 15) is 14.7 Å². The van der Waals surface area contributed by atoms with Crippen molar-refractivity contribution in [2.45, 2.75) is 88.7 Å². The van der Waals surface area contributed by atoms with Crippen LogP contribution in [-0.2, 0) is 30.8 Å². The summed E-state index contributed by atoms with van der Waals surface area (Å²) in [5.41, 5.74) is 0.859. The molecule has 1 unspecified atom stereocenters. The van der Waals surface area contributed by atoms with E-state index in [1.807, 2.05) is 0 Å². The van der Waals surface area contributed by atoms with Crippen molar-refractivity contribution < 1.29 is 28.9 Å². The smallest absolute Gasteiger partial charge is 0.293 e. The second kappa shape index (κ2) is 11.4. The van der Waals surface area contributed by atoms with Gasteiger partial charge in [-0.2, -0.15) is 14.8 Å². The van der Waals surface area contributed by atoms with E-state index in [-0.39, 0.29) is 30.9 Å². The topological polar surface area (TPSA) is 193 Å². The number of ether oxygens (including phenoxy) is 3. The zero-order valence-electron chi connectivity index (χ0n) is 21.9. The number of aliphatic hydroxyl groups excluding tert-OH is 1. The molecule has 0 amide bonds. The molecule has 4 heterocycles. The summed E-state index contributed by atoms with van der Waals surface area (Å²) in [7, 11) is 1.59. The number of fused-ring (bicyclic) bond motifs is 1. The summed E-state index contributed by atoms with van der Waals surface area (Å²) in [5, 5.41) is 29.1. The highest BCUT2D eigenvalue weighted by Gasteiger charge is 2.52. The van der Waals surface area contributed by atoms with Crippen molar-refractivity contribution in [2.24, 2.45) is 7.05 Å². The first-order chi connectivity index (χ1) is 19.0. The molecule has 1 saturated carbocycles. The van der Waals surface area contributed by atoms with E-state index in [1.54, 1.807) is 11.6 Å². The summed E-state index contributed by atoms with van der Waals surface area (Å²) in [4.78, 5) is 38.1. The van der Waals surface area contributed by atoms with Crippen LogP contribution in [0.2, 0.25) is 0 Å². The van der Waals surface area contributed by atoms with Gasteiger partial charge in [0.15, 0.2) is 41.5 Å². The van der Waals surface area contributed by atoms with Gasteiger partial charge >= 0.3 is 0 Å². The Labute approximate surface area is 223 Å². The molecule has 6 atom stereocenters. The van der Waals surface area contributed by atoms with Crippen molar-refractivity contribution in [3.8, 4) is 0 Å². The quantitative estimate of drug-likeness (QED) is 0.269. The molecule has 16 heteroatoms. The number of carbonyl (C=O) groups excluding carboxylic acids is 2. The van der Waals surface area contributed by atoms with Gasteiger partial charge in [-0.25, -0.2) is 4.98 Å². The first-order valence-corrected chi connectivity index (χ1v) is 13.0. The van der Waals surface area contributed by atoms with E-state index < -0.39 is 30.6 Å². The summed E-state index contributed by atoms with van der Waals surface area (Å²) < 4.78 is 18.5. The zero-order chi connectivity index (χ0) is 27.5. The number of carbonyl (C=O) groups is 2. The van der Waals surface area contributed by atoms with Crippen LogP contribution in [0.3, 0.4) is 0 Å². The fourth-order valence-corrected chi connectivity index (χ4v) is 5.13. The number of aryl methyl sites for hydroxylation is 1. The first kappa shape index (κ1) is 26.7. The number of nitrogens with one attached hydrogen (secondary N) is 2. The zero-order valence-corrected chi connectivity index (χ0v) is 21.9. The van der Waals surface area contributed by atoms with Gasteiger partial charge < -0.3 is 30.0 Å². The number of hydrogen-bond donors (Lipinski definition) is 3. The van der Waals surface area contributed by atoms with Crippen LogP contribution in [0.4, 0.5) is 11.8 Å². The summed E-state index contributed by atoms with van der Waals surface area (Å²) >= 11 is 0. The van der Waals surface area contributed by atoms with Gasteiger partial charge in [-0.15, -0.1) is 10.2 Å². The van der Waals surface area contributed by atoms with Crippen LogP contribution in [0.15, 0.2) is 6.33 Å². The van der Waals surface area contributed by atoms with Crippen molar-refractivity contribution in [3.63, 3.8) is 0 Å². The maximum absolute atomic E-state index is 11.5. The largest absolute Gasteiger partial charge is 0.457 e. The lowest BCUT2D eigenvalue weighted by atomic mass is 10.1. The van der Waals surface area contributed by atoms with Crippen molar-refractivity contribution >= 4 is 35.9 Å². The minimum absolute atomic E-state index is 0.143. The van der Waals surface area contributed by atoms with Crippen molar-refractivity contribution in [2.75, 3.05) is 10.6 Å². The van der Waals surface area contributed by atoms with Gasteiger partial charge in [0.1, 0.15) is 0 Å². The maximum Gasteiger partial charge on any atom is 0.293 e. The van der Waals surface area contributed by atoms with Gasteiger partial charge in [-0.3, -0.25) is 14.2 Å². The number of aliphatic hydroxyl groups is 1. The van der Waals surface area contributed by atoms with Gasteiger partial charge in [-0.05, 0) is 37.3 Å². The second-order valence-electron chi connectivity index (χ2n) is 9.60. The van der Waals surface area contributed by atoms with Gasteiger partial charge in [-0.1, -0.05) is 13.8 Å². The summed E-state index contributed by atoms with van der Waals surface area (Å²) in [6, 6.07) is -0.0456. The highest BCUT2D eigenvalue weighted by molar-refractivity contribution is 5.84. The highest BCUT2D eigenvalue weighted by atomic mass is 16.6. The van der Waals surface area contributed by atoms with Crippen LogP contribution in [0, 0.1) is 0 Å². The number of tetrazole rings is 1. The molecule has 210 valence electrons. The van der Waals surface area contributed by atoms with Gasteiger partial charge in [0.2, 0.25) is 11.8 Å². The Bertz CT molecular complexity index is 1300. The minimum Gasteiger partial charge on any atom is -0.457 e. The molecule has 39 heavy (non-hydrogen) atoms. The Morgan fingerprint density at radius 2 is 1.95 bits per heavy atom. The molecule has 2 aliphatic rings. The molecule has 3 aromatic heterocycles. The Kier molecular flexibility index (Phi) is 7.83. The van der Waals surface area contributed by atoms with Crippen LogP contribution >= 0.6 is 0 Å². The van der Waals surface area contributed by atoms with E-state index in [0.29, 0.717) is 29.4 Å². The third kappa shape index (κ3) is 5.21. The van der Waals surface area contributed by atoms with Gasteiger partial charge in [0.25, 0.3) is 12.9 Å². The SMILES string of the molecule is CCC(CC)Nc1nc(NC2CCC[C@H]2O)nc2c1ncn2[C@@H]1O[C@H](c2nnn(C)n2)[C@@H](OC=O)[C@H]1OC=O. The molecule has 0 radical (unpaired) electrons. The van der Waals surface area contributed by atoms with Crippen molar-refractivity contribution in [3.05, 3.63) is 12.2 Å². The normalized spacial score (nSPS) is 26.7. The molecule has 2 fully saturated rings. The summed E-state index contributed by atoms with van der Waals surface area (Å²) in [5.74, 6) is 0.975. The first-order valence-electron chi connectivity index (χ1n) is 13.0. The lowest BCUT2D eigenvalue weighted by molar-refractivity contribution is -0.151. The van der Waals surface area contributed by atoms with Gasteiger partial charge in [0.05, 0.1) is 25.5 Å². The number of nitrogens with zero attached hydrogens (tertiary/aromatic N) is 8.